The lowest BCUT2D eigenvalue weighted by molar-refractivity contribution is 0.0944. The second-order valence-electron chi connectivity index (χ2n) is 3.26. The van der Waals surface area contributed by atoms with Crippen molar-refractivity contribution in [3.8, 4) is 0 Å². The van der Waals surface area contributed by atoms with Gasteiger partial charge in [-0.25, -0.2) is 0 Å². The largest absolute Gasteiger partial charge is 0.347 e. The molecule has 1 aliphatic heterocycles. The zero-order valence-corrected chi connectivity index (χ0v) is 10.3. The van der Waals surface area contributed by atoms with Crippen molar-refractivity contribution in [2.24, 2.45) is 0 Å². The fraction of sp³-hybridized carbons (Fsp3) is 0.444. The van der Waals surface area contributed by atoms with E-state index in [9.17, 15) is 4.79 Å². The Bertz CT molecular complexity index is 337. The molecule has 0 saturated carbocycles. The van der Waals surface area contributed by atoms with Gasteiger partial charge < -0.3 is 10.6 Å². The van der Waals surface area contributed by atoms with Crippen LogP contribution in [0.4, 0.5) is 0 Å². The molecule has 1 amide bonds. The van der Waals surface area contributed by atoms with E-state index in [0.29, 0.717) is 9.90 Å². The van der Waals surface area contributed by atoms with Crippen LogP contribution in [-0.2, 0) is 0 Å². The summed E-state index contributed by atoms with van der Waals surface area (Å²) in [4.78, 5) is 12.3. The molecular weight excluding hydrogens is 255 g/mol. The molecule has 6 heteroatoms. The minimum absolute atomic E-state index is 0. The van der Waals surface area contributed by atoms with Crippen molar-refractivity contribution in [1.82, 2.24) is 10.6 Å². The topological polar surface area (TPSA) is 41.1 Å². The molecule has 1 saturated heterocycles. The molecule has 1 aromatic heterocycles. The highest BCUT2D eigenvalue weighted by Gasteiger charge is 2.19. The number of halogens is 2. The Balaban J connectivity index is 0.00000112. The molecule has 3 nitrogen and oxygen atoms in total. The van der Waals surface area contributed by atoms with Crippen molar-refractivity contribution in [2.75, 3.05) is 13.1 Å². The molecule has 0 aromatic carbocycles. The minimum Gasteiger partial charge on any atom is -0.347 e. The molecule has 1 atom stereocenters. The molecule has 2 heterocycles. The Kier molecular flexibility index (Phi) is 4.86. The SMILES string of the molecule is Cl.O=C(NC1CCNC1)c1sccc1Cl. The van der Waals surface area contributed by atoms with Crippen molar-refractivity contribution >= 4 is 41.3 Å². The summed E-state index contributed by atoms with van der Waals surface area (Å²) < 4.78 is 0. The molecule has 84 valence electrons. The average Bonchev–Trinajstić information content (AvgIpc) is 2.75. The second kappa shape index (κ2) is 5.70. The van der Waals surface area contributed by atoms with Gasteiger partial charge in [0.2, 0.25) is 0 Å². The van der Waals surface area contributed by atoms with Crippen LogP contribution in [0, 0.1) is 0 Å². The van der Waals surface area contributed by atoms with Crippen LogP contribution >= 0.6 is 35.3 Å². The lowest BCUT2D eigenvalue weighted by atomic mass is 10.2. The van der Waals surface area contributed by atoms with E-state index >= 15 is 0 Å². The standard InChI is InChI=1S/C9H11ClN2OS.ClH/c10-7-2-4-14-8(7)9(13)12-6-1-3-11-5-6;/h2,4,6,11H,1,3,5H2,(H,12,13);1H. The quantitative estimate of drug-likeness (QED) is 0.859. The number of rotatable bonds is 2. The first-order chi connectivity index (χ1) is 6.77. The maximum atomic E-state index is 11.7. The van der Waals surface area contributed by atoms with Gasteiger partial charge >= 0.3 is 0 Å². The summed E-state index contributed by atoms with van der Waals surface area (Å²) in [5, 5.41) is 8.50. The molecule has 0 bridgehead atoms. The smallest absolute Gasteiger partial charge is 0.263 e. The van der Waals surface area contributed by atoms with Crippen LogP contribution in [0.2, 0.25) is 5.02 Å². The fourth-order valence-electron chi connectivity index (χ4n) is 1.48. The van der Waals surface area contributed by atoms with Crippen LogP contribution in [0.25, 0.3) is 0 Å². The van der Waals surface area contributed by atoms with Gasteiger partial charge in [0.15, 0.2) is 0 Å². The predicted molar refractivity (Wildman–Crippen MR) is 65.3 cm³/mol. The maximum Gasteiger partial charge on any atom is 0.263 e. The number of carbonyl (C=O) groups is 1. The number of carbonyl (C=O) groups excluding carboxylic acids is 1. The molecule has 0 spiro atoms. The molecule has 1 unspecified atom stereocenters. The van der Waals surface area contributed by atoms with Gasteiger partial charge in [-0.05, 0) is 24.4 Å². The third kappa shape index (κ3) is 3.08. The van der Waals surface area contributed by atoms with Crippen molar-refractivity contribution in [1.29, 1.82) is 0 Å². The number of thiophene rings is 1. The predicted octanol–water partition coefficient (Wildman–Crippen LogP) is 1.91. The van der Waals surface area contributed by atoms with E-state index in [0.717, 1.165) is 19.5 Å². The van der Waals surface area contributed by atoms with Gasteiger partial charge in [-0.15, -0.1) is 23.7 Å². The molecule has 1 aromatic rings. The van der Waals surface area contributed by atoms with Crippen molar-refractivity contribution in [2.45, 2.75) is 12.5 Å². The average molecular weight is 267 g/mol. The van der Waals surface area contributed by atoms with Gasteiger partial charge in [0.25, 0.3) is 5.91 Å². The Morgan fingerprint density at radius 1 is 1.67 bits per heavy atom. The van der Waals surface area contributed by atoms with E-state index in [2.05, 4.69) is 10.6 Å². The first kappa shape index (κ1) is 12.8. The Labute approximate surface area is 104 Å². The van der Waals surface area contributed by atoms with Gasteiger partial charge in [0.1, 0.15) is 4.88 Å². The number of hydrogen-bond donors (Lipinski definition) is 2. The van der Waals surface area contributed by atoms with Crippen LogP contribution in [0.5, 0.6) is 0 Å². The Morgan fingerprint density at radius 2 is 2.47 bits per heavy atom. The second-order valence-corrected chi connectivity index (χ2v) is 4.58. The third-order valence-electron chi connectivity index (χ3n) is 2.22. The first-order valence-corrected chi connectivity index (χ1v) is 5.77. The number of nitrogens with one attached hydrogen (secondary N) is 2. The first-order valence-electron chi connectivity index (χ1n) is 4.52. The van der Waals surface area contributed by atoms with E-state index in [1.165, 1.54) is 11.3 Å². The van der Waals surface area contributed by atoms with E-state index in [1.54, 1.807) is 6.07 Å². The van der Waals surface area contributed by atoms with Crippen molar-refractivity contribution < 1.29 is 4.79 Å². The highest BCUT2D eigenvalue weighted by Crippen LogP contribution is 2.21. The van der Waals surface area contributed by atoms with Gasteiger partial charge in [0, 0.05) is 12.6 Å². The highest BCUT2D eigenvalue weighted by atomic mass is 35.5. The summed E-state index contributed by atoms with van der Waals surface area (Å²) in [6.07, 6.45) is 0.995. The molecule has 0 aliphatic carbocycles. The van der Waals surface area contributed by atoms with Crippen molar-refractivity contribution in [3.05, 3.63) is 21.3 Å². The highest BCUT2D eigenvalue weighted by molar-refractivity contribution is 7.12. The molecular formula is C9H12Cl2N2OS. The Morgan fingerprint density at radius 3 is 3.00 bits per heavy atom. The molecule has 1 aliphatic rings. The van der Waals surface area contributed by atoms with Gasteiger partial charge in [0.05, 0.1) is 5.02 Å². The summed E-state index contributed by atoms with van der Waals surface area (Å²) in [7, 11) is 0. The van der Waals surface area contributed by atoms with Crippen LogP contribution < -0.4 is 10.6 Å². The number of amides is 1. The van der Waals surface area contributed by atoms with Crippen LogP contribution in [-0.4, -0.2) is 25.0 Å². The zero-order chi connectivity index (χ0) is 9.97. The third-order valence-corrected chi connectivity index (χ3v) is 3.56. The Hall–Kier alpha value is -0.290. The lowest BCUT2D eigenvalue weighted by Crippen LogP contribution is -2.35. The van der Waals surface area contributed by atoms with Gasteiger partial charge in [-0.1, -0.05) is 11.6 Å². The minimum atomic E-state index is -0.0568. The van der Waals surface area contributed by atoms with E-state index in [4.69, 9.17) is 11.6 Å². The normalized spacial score (nSPS) is 19.7. The molecule has 2 rings (SSSR count). The summed E-state index contributed by atoms with van der Waals surface area (Å²) in [5.41, 5.74) is 0. The van der Waals surface area contributed by atoms with Gasteiger partial charge in [-0.2, -0.15) is 0 Å². The number of hydrogen-bond acceptors (Lipinski definition) is 3. The van der Waals surface area contributed by atoms with E-state index in [-0.39, 0.29) is 24.4 Å². The summed E-state index contributed by atoms with van der Waals surface area (Å²) in [6, 6.07) is 1.99. The van der Waals surface area contributed by atoms with Gasteiger partial charge in [-0.3, -0.25) is 4.79 Å². The summed E-state index contributed by atoms with van der Waals surface area (Å²) in [5.74, 6) is -0.0568. The molecule has 1 fully saturated rings. The summed E-state index contributed by atoms with van der Waals surface area (Å²) >= 11 is 7.23. The monoisotopic (exact) mass is 266 g/mol. The van der Waals surface area contributed by atoms with Crippen LogP contribution in [0.15, 0.2) is 11.4 Å². The molecule has 0 radical (unpaired) electrons. The zero-order valence-electron chi connectivity index (χ0n) is 7.96. The van der Waals surface area contributed by atoms with Crippen LogP contribution in [0.1, 0.15) is 16.1 Å². The summed E-state index contributed by atoms with van der Waals surface area (Å²) in [6.45, 7) is 1.83. The lowest BCUT2D eigenvalue weighted by Gasteiger charge is -2.09. The van der Waals surface area contributed by atoms with E-state index < -0.39 is 0 Å². The van der Waals surface area contributed by atoms with Crippen molar-refractivity contribution in [3.63, 3.8) is 0 Å². The van der Waals surface area contributed by atoms with E-state index in [1.807, 2.05) is 5.38 Å². The maximum absolute atomic E-state index is 11.7. The fourth-order valence-corrected chi connectivity index (χ4v) is 2.53. The van der Waals surface area contributed by atoms with Crippen LogP contribution in [0.3, 0.4) is 0 Å². The molecule has 2 N–H and O–H groups in total. The molecule has 15 heavy (non-hydrogen) atoms.